The zero-order chi connectivity index (χ0) is 15.0. The number of benzene rings is 1. The fourth-order valence-corrected chi connectivity index (χ4v) is 1.57. The summed E-state index contributed by atoms with van der Waals surface area (Å²) in [5, 5.41) is 7.53. The first-order valence-corrected chi connectivity index (χ1v) is 6.35. The van der Waals surface area contributed by atoms with E-state index in [0.717, 1.165) is 5.56 Å². The number of nitrogens with one attached hydrogen (secondary N) is 3. The van der Waals surface area contributed by atoms with Crippen LogP contribution in [-0.4, -0.2) is 37.9 Å². The van der Waals surface area contributed by atoms with Gasteiger partial charge in [-0.3, -0.25) is 14.4 Å². The average molecular weight is 277 g/mol. The number of carbonyl (C=O) groups excluding carboxylic acids is 3. The topological polar surface area (TPSA) is 87.3 Å². The highest BCUT2D eigenvalue weighted by molar-refractivity contribution is 5.95. The van der Waals surface area contributed by atoms with Crippen LogP contribution in [0.4, 0.5) is 0 Å². The van der Waals surface area contributed by atoms with Gasteiger partial charge in [-0.1, -0.05) is 18.2 Å². The van der Waals surface area contributed by atoms with E-state index >= 15 is 0 Å². The summed E-state index contributed by atoms with van der Waals surface area (Å²) in [5.74, 6) is -0.747. The number of aryl methyl sites for hydroxylation is 1. The van der Waals surface area contributed by atoms with Gasteiger partial charge in [0, 0.05) is 25.6 Å². The molecular weight excluding hydrogens is 258 g/mol. The Balaban J connectivity index is 2.30. The lowest BCUT2D eigenvalue weighted by molar-refractivity contribution is -0.125. The van der Waals surface area contributed by atoms with E-state index in [-0.39, 0.29) is 37.2 Å². The molecule has 1 rings (SSSR count). The van der Waals surface area contributed by atoms with Gasteiger partial charge in [-0.15, -0.1) is 0 Å². The molecule has 3 amide bonds. The second kappa shape index (κ2) is 7.93. The van der Waals surface area contributed by atoms with Crippen molar-refractivity contribution < 1.29 is 14.4 Å². The van der Waals surface area contributed by atoms with Crippen molar-refractivity contribution in [3.05, 3.63) is 35.4 Å². The summed E-state index contributed by atoms with van der Waals surface area (Å²) in [6, 6.07) is 7.23. The van der Waals surface area contributed by atoms with Gasteiger partial charge in [-0.05, 0) is 18.6 Å². The molecule has 6 heteroatoms. The van der Waals surface area contributed by atoms with E-state index in [4.69, 9.17) is 0 Å². The fourth-order valence-electron chi connectivity index (χ4n) is 1.57. The predicted octanol–water partition coefficient (Wildman–Crippen LogP) is -0.0229. The van der Waals surface area contributed by atoms with Crippen LogP contribution in [0.1, 0.15) is 22.3 Å². The average Bonchev–Trinajstić information content (AvgIpc) is 2.45. The SMILES string of the molecule is CNC(=O)CNC(=O)CCNC(=O)c1ccccc1C. The van der Waals surface area contributed by atoms with Crippen molar-refractivity contribution in [2.45, 2.75) is 13.3 Å². The Morgan fingerprint density at radius 1 is 1.05 bits per heavy atom. The Hall–Kier alpha value is -2.37. The molecule has 0 saturated heterocycles. The molecule has 0 bridgehead atoms. The Labute approximate surface area is 117 Å². The van der Waals surface area contributed by atoms with Crippen molar-refractivity contribution in [1.82, 2.24) is 16.0 Å². The van der Waals surface area contributed by atoms with Crippen LogP contribution in [0.5, 0.6) is 0 Å². The Kier molecular flexibility index (Phi) is 6.22. The number of rotatable bonds is 6. The van der Waals surface area contributed by atoms with Crippen LogP contribution >= 0.6 is 0 Å². The van der Waals surface area contributed by atoms with E-state index in [1.807, 2.05) is 19.1 Å². The summed E-state index contributed by atoms with van der Waals surface area (Å²) in [4.78, 5) is 34.2. The second-order valence-electron chi connectivity index (χ2n) is 4.27. The highest BCUT2D eigenvalue weighted by Crippen LogP contribution is 2.06. The van der Waals surface area contributed by atoms with Gasteiger partial charge in [0.2, 0.25) is 11.8 Å². The molecule has 0 heterocycles. The third-order valence-electron chi connectivity index (χ3n) is 2.75. The molecule has 0 unspecified atom stereocenters. The molecule has 0 radical (unpaired) electrons. The monoisotopic (exact) mass is 277 g/mol. The van der Waals surface area contributed by atoms with Gasteiger partial charge in [-0.25, -0.2) is 0 Å². The number of amides is 3. The third-order valence-corrected chi connectivity index (χ3v) is 2.75. The van der Waals surface area contributed by atoms with E-state index in [2.05, 4.69) is 16.0 Å². The maximum absolute atomic E-state index is 11.9. The minimum Gasteiger partial charge on any atom is -0.358 e. The zero-order valence-electron chi connectivity index (χ0n) is 11.7. The molecule has 1 aromatic rings. The molecule has 0 fully saturated rings. The van der Waals surface area contributed by atoms with Crippen molar-refractivity contribution in [1.29, 1.82) is 0 Å². The maximum atomic E-state index is 11.9. The third kappa shape index (κ3) is 5.09. The molecule has 0 aliphatic rings. The summed E-state index contributed by atoms with van der Waals surface area (Å²) in [6.45, 7) is 2.03. The fraction of sp³-hybridized carbons (Fsp3) is 0.357. The van der Waals surface area contributed by atoms with Gasteiger partial charge in [0.05, 0.1) is 6.54 Å². The van der Waals surface area contributed by atoms with Crippen molar-refractivity contribution in [3.63, 3.8) is 0 Å². The van der Waals surface area contributed by atoms with Gasteiger partial charge in [0.15, 0.2) is 0 Å². The quantitative estimate of drug-likeness (QED) is 0.683. The lowest BCUT2D eigenvalue weighted by Crippen LogP contribution is -2.37. The Morgan fingerprint density at radius 2 is 1.75 bits per heavy atom. The molecule has 3 N–H and O–H groups in total. The highest BCUT2D eigenvalue weighted by Gasteiger charge is 2.09. The van der Waals surface area contributed by atoms with Crippen LogP contribution in [0.3, 0.4) is 0 Å². The predicted molar refractivity (Wildman–Crippen MR) is 75.2 cm³/mol. The molecule has 0 atom stereocenters. The maximum Gasteiger partial charge on any atom is 0.251 e. The van der Waals surface area contributed by atoms with E-state index in [9.17, 15) is 14.4 Å². The van der Waals surface area contributed by atoms with Crippen LogP contribution in [0.2, 0.25) is 0 Å². The first-order valence-electron chi connectivity index (χ1n) is 6.35. The van der Waals surface area contributed by atoms with Crippen LogP contribution in [0.15, 0.2) is 24.3 Å². The van der Waals surface area contributed by atoms with Crippen molar-refractivity contribution in [2.24, 2.45) is 0 Å². The molecule has 0 aliphatic heterocycles. The van der Waals surface area contributed by atoms with E-state index in [0.29, 0.717) is 5.56 Å². The molecule has 0 spiro atoms. The number of hydrogen-bond donors (Lipinski definition) is 3. The summed E-state index contributed by atoms with van der Waals surface area (Å²) in [7, 11) is 1.50. The Bertz CT molecular complexity index is 500. The second-order valence-corrected chi connectivity index (χ2v) is 4.27. The van der Waals surface area contributed by atoms with Crippen LogP contribution in [0.25, 0.3) is 0 Å². The summed E-state index contributed by atoms with van der Waals surface area (Å²) < 4.78 is 0. The lowest BCUT2D eigenvalue weighted by atomic mass is 10.1. The molecule has 20 heavy (non-hydrogen) atoms. The first-order chi connectivity index (χ1) is 9.54. The van der Waals surface area contributed by atoms with Gasteiger partial charge in [0.1, 0.15) is 0 Å². The van der Waals surface area contributed by atoms with E-state index < -0.39 is 0 Å². The van der Waals surface area contributed by atoms with Crippen molar-refractivity contribution >= 4 is 17.7 Å². The number of hydrogen-bond acceptors (Lipinski definition) is 3. The normalized spacial score (nSPS) is 9.70. The number of likely N-dealkylation sites (N-methyl/N-ethyl adjacent to an activating group) is 1. The summed E-state index contributed by atoms with van der Waals surface area (Å²) in [5.41, 5.74) is 1.48. The highest BCUT2D eigenvalue weighted by atomic mass is 16.2. The zero-order valence-corrected chi connectivity index (χ0v) is 11.7. The Morgan fingerprint density at radius 3 is 2.40 bits per heavy atom. The van der Waals surface area contributed by atoms with Crippen molar-refractivity contribution in [2.75, 3.05) is 20.1 Å². The molecule has 0 aromatic heterocycles. The van der Waals surface area contributed by atoms with Gasteiger partial charge in [-0.2, -0.15) is 0 Å². The molecule has 6 nitrogen and oxygen atoms in total. The summed E-state index contributed by atoms with van der Waals surface area (Å²) in [6.07, 6.45) is 0.134. The number of carbonyl (C=O) groups is 3. The lowest BCUT2D eigenvalue weighted by Gasteiger charge is -2.08. The van der Waals surface area contributed by atoms with Crippen LogP contribution in [-0.2, 0) is 9.59 Å². The van der Waals surface area contributed by atoms with Gasteiger partial charge in [0.25, 0.3) is 5.91 Å². The standard InChI is InChI=1S/C14H19N3O3/c1-10-5-3-4-6-11(10)14(20)16-8-7-12(18)17-9-13(19)15-2/h3-6H,7-9H2,1-2H3,(H,15,19)(H,16,20)(H,17,18). The molecule has 108 valence electrons. The minimum absolute atomic E-state index is 0.0545. The molecule has 1 aromatic carbocycles. The van der Waals surface area contributed by atoms with Crippen molar-refractivity contribution in [3.8, 4) is 0 Å². The van der Waals surface area contributed by atoms with Crippen LogP contribution < -0.4 is 16.0 Å². The minimum atomic E-state index is -0.279. The molecule has 0 saturated carbocycles. The van der Waals surface area contributed by atoms with Gasteiger partial charge >= 0.3 is 0 Å². The van der Waals surface area contributed by atoms with Crippen LogP contribution in [0, 0.1) is 6.92 Å². The van der Waals surface area contributed by atoms with E-state index in [1.54, 1.807) is 12.1 Å². The largest absolute Gasteiger partial charge is 0.358 e. The smallest absolute Gasteiger partial charge is 0.251 e. The molecule has 0 aliphatic carbocycles. The first kappa shape index (κ1) is 15.7. The molecular formula is C14H19N3O3. The van der Waals surface area contributed by atoms with Gasteiger partial charge < -0.3 is 16.0 Å². The summed E-state index contributed by atoms with van der Waals surface area (Å²) >= 11 is 0. The van der Waals surface area contributed by atoms with E-state index in [1.165, 1.54) is 7.05 Å².